The van der Waals surface area contributed by atoms with Gasteiger partial charge in [-0.05, 0) is 59.8 Å². The summed E-state index contributed by atoms with van der Waals surface area (Å²) in [5, 5.41) is 9.30. The maximum Gasteiger partial charge on any atom is 0.223 e. The maximum absolute atomic E-state index is 13.5. The fourth-order valence-corrected chi connectivity index (χ4v) is 5.51. The fraction of sp³-hybridized carbons (Fsp3) is 0.500. The monoisotopic (exact) mass is 600 g/mol. The first-order valence-corrected chi connectivity index (χ1v) is 14.2. The summed E-state index contributed by atoms with van der Waals surface area (Å²) in [4.78, 5) is 31.8. The van der Waals surface area contributed by atoms with Crippen LogP contribution in [0.2, 0.25) is 0 Å². The Morgan fingerprint density at radius 3 is 2.64 bits per heavy atom. The number of aryl methyl sites for hydroxylation is 2. The number of halogens is 1. The van der Waals surface area contributed by atoms with Crippen LogP contribution in [0.3, 0.4) is 0 Å². The van der Waals surface area contributed by atoms with Crippen LogP contribution in [0, 0.1) is 0 Å². The third-order valence-corrected chi connectivity index (χ3v) is 7.67. The highest BCUT2D eigenvalue weighted by Crippen LogP contribution is 2.33. The molecule has 0 saturated carbocycles. The molecule has 2 amide bonds. The summed E-state index contributed by atoms with van der Waals surface area (Å²) in [6.45, 7) is 6.93. The summed E-state index contributed by atoms with van der Waals surface area (Å²) >= 11 is 3.55. The van der Waals surface area contributed by atoms with Gasteiger partial charge in [-0.1, -0.05) is 13.0 Å². The van der Waals surface area contributed by atoms with E-state index in [2.05, 4.69) is 33.3 Å². The number of nitrogens with zero attached hydrogens (tertiary/aromatic N) is 4. The first-order valence-electron chi connectivity index (χ1n) is 13.4. The summed E-state index contributed by atoms with van der Waals surface area (Å²) < 4.78 is 13.7. The van der Waals surface area contributed by atoms with Gasteiger partial charge in [0, 0.05) is 63.0 Å². The maximum atomic E-state index is 13.5. The minimum atomic E-state index is -0.498. The predicted octanol–water partition coefficient (Wildman–Crippen LogP) is 4.17. The minimum absolute atomic E-state index is 0.00396. The van der Waals surface area contributed by atoms with E-state index in [4.69, 9.17) is 20.2 Å². The number of amides is 2. The Morgan fingerprint density at radius 2 is 2.00 bits per heavy atom. The van der Waals surface area contributed by atoms with Crippen molar-refractivity contribution in [1.82, 2.24) is 19.7 Å². The quantitative estimate of drug-likeness (QED) is 0.319. The van der Waals surface area contributed by atoms with Crippen molar-refractivity contribution >= 4 is 44.5 Å². The van der Waals surface area contributed by atoms with Gasteiger partial charge in [0.1, 0.15) is 5.75 Å². The Morgan fingerprint density at radius 1 is 1.23 bits per heavy atom. The van der Waals surface area contributed by atoms with Crippen LogP contribution in [0.25, 0.3) is 11.0 Å². The summed E-state index contributed by atoms with van der Waals surface area (Å²) in [6, 6.07) is 6.00. The molecule has 3 heterocycles. The van der Waals surface area contributed by atoms with Crippen LogP contribution in [0.1, 0.15) is 56.4 Å². The molecule has 0 aliphatic carbocycles. The van der Waals surface area contributed by atoms with E-state index in [0.29, 0.717) is 45.0 Å². The summed E-state index contributed by atoms with van der Waals surface area (Å²) in [7, 11) is 1.61. The third-order valence-electron chi connectivity index (χ3n) is 7.05. The Hall–Kier alpha value is -3.18. The van der Waals surface area contributed by atoms with Gasteiger partial charge in [0.25, 0.3) is 0 Å². The Bertz CT molecular complexity index is 1320. The number of rotatable bonds is 12. The van der Waals surface area contributed by atoms with E-state index in [9.17, 15) is 9.59 Å². The number of carbonyl (C=O) groups excluding carboxylic acids is 2. The molecule has 1 aliphatic heterocycles. The SMILES string of the molecule is CCc1nc2c(cnn2CC)c(NC2CCOCC2)c1CN(Cc1ccc(OC)c(Br)c1)C(=O)CCC(N)=O. The number of nitrogens with one attached hydrogen (secondary N) is 1. The van der Waals surface area contributed by atoms with Gasteiger partial charge in [-0.25, -0.2) is 9.67 Å². The normalized spacial score (nSPS) is 13.9. The second-order valence-electron chi connectivity index (χ2n) is 9.68. The number of ether oxygens (including phenoxy) is 2. The van der Waals surface area contributed by atoms with E-state index in [1.54, 1.807) is 12.0 Å². The van der Waals surface area contributed by atoms with Gasteiger partial charge in [-0.2, -0.15) is 5.10 Å². The van der Waals surface area contributed by atoms with E-state index in [-0.39, 0.29) is 24.8 Å². The molecule has 4 rings (SSSR count). The third kappa shape index (κ3) is 6.88. The molecule has 1 saturated heterocycles. The second kappa shape index (κ2) is 13.3. The van der Waals surface area contributed by atoms with E-state index >= 15 is 0 Å². The molecule has 1 aliphatic rings. The molecule has 11 heteroatoms. The number of anilines is 1. The van der Waals surface area contributed by atoms with Crippen LogP contribution < -0.4 is 15.8 Å². The van der Waals surface area contributed by atoms with Crippen LogP contribution >= 0.6 is 15.9 Å². The molecule has 0 unspecified atom stereocenters. The zero-order valence-corrected chi connectivity index (χ0v) is 24.4. The highest BCUT2D eigenvalue weighted by molar-refractivity contribution is 9.10. The van der Waals surface area contributed by atoms with Crippen LogP contribution in [-0.2, 0) is 40.4 Å². The summed E-state index contributed by atoms with van der Waals surface area (Å²) in [6.07, 6.45) is 4.38. The summed E-state index contributed by atoms with van der Waals surface area (Å²) in [5.74, 6) is 0.0648. The largest absolute Gasteiger partial charge is 0.496 e. The van der Waals surface area contributed by atoms with Crippen molar-refractivity contribution in [2.75, 3.05) is 25.6 Å². The average Bonchev–Trinajstić information content (AvgIpc) is 3.35. The number of carbonyl (C=O) groups is 2. The van der Waals surface area contributed by atoms with Gasteiger partial charge in [0.05, 0.1) is 28.9 Å². The molecule has 1 aromatic carbocycles. The zero-order chi connectivity index (χ0) is 27.9. The van der Waals surface area contributed by atoms with Gasteiger partial charge in [0.2, 0.25) is 11.8 Å². The van der Waals surface area contributed by atoms with Crippen LogP contribution in [-0.4, -0.2) is 57.8 Å². The first kappa shape index (κ1) is 28.8. The zero-order valence-electron chi connectivity index (χ0n) is 22.8. The Labute approximate surface area is 237 Å². The molecule has 3 aromatic rings. The van der Waals surface area contributed by atoms with Crippen molar-refractivity contribution in [3.63, 3.8) is 0 Å². The predicted molar refractivity (Wildman–Crippen MR) is 153 cm³/mol. The lowest BCUT2D eigenvalue weighted by molar-refractivity contribution is -0.134. The number of aromatic nitrogens is 3. The van der Waals surface area contributed by atoms with Crippen molar-refractivity contribution in [3.8, 4) is 5.75 Å². The van der Waals surface area contributed by atoms with Crippen LogP contribution in [0.15, 0.2) is 28.9 Å². The van der Waals surface area contributed by atoms with E-state index in [0.717, 1.165) is 50.9 Å². The number of pyridine rings is 1. The van der Waals surface area contributed by atoms with E-state index < -0.39 is 5.91 Å². The van der Waals surface area contributed by atoms with Crippen LogP contribution in [0.4, 0.5) is 5.69 Å². The lowest BCUT2D eigenvalue weighted by Crippen LogP contribution is -2.33. The van der Waals surface area contributed by atoms with Gasteiger partial charge in [0.15, 0.2) is 5.65 Å². The number of hydrogen-bond acceptors (Lipinski definition) is 7. The Balaban J connectivity index is 1.76. The topological polar surface area (TPSA) is 125 Å². The lowest BCUT2D eigenvalue weighted by atomic mass is 10.0. The van der Waals surface area contributed by atoms with Crippen molar-refractivity contribution in [2.24, 2.45) is 5.73 Å². The van der Waals surface area contributed by atoms with Crippen molar-refractivity contribution in [3.05, 3.63) is 45.7 Å². The van der Waals surface area contributed by atoms with Gasteiger partial charge in [-0.3, -0.25) is 9.59 Å². The number of methoxy groups -OCH3 is 1. The molecular formula is C28H37BrN6O4. The van der Waals surface area contributed by atoms with Gasteiger partial charge in [-0.15, -0.1) is 0 Å². The fourth-order valence-electron chi connectivity index (χ4n) is 4.92. The number of hydrogen-bond donors (Lipinski definition) is 2. The molecule has 10 nitrogen and oxygen atoms in total. The minimum Gasteiger partial charge on any atom is -0.496 e. The van der Waals surface area contributed by atoms with E-state index in [1.165, 1.54) is 0 Å². The number of primary amides is 1. The molecule has 1 fully saturated rings. The van der Waals surface area contributed by atoms with Crippen molar-refractivity contribution in [1.29, 1.82) is 0 Å². The van der Waals surface area contributed by atoms with Crippen molar-refractivity contribution < 1.29 is 19.1 Å². The number of fused-ring (bicyclic) bond motifs is 1. The molecule has 0 atom stereocenters. The molecule has 3 N–H and O–H groups in total. The van der Waals surface area contributed by atoms with Crippen molar-refractivity contribution in [2.45, 2.75) is 71.6 Å². The molecule has 2 aromatic heterocycles. The highest BCUT2D eigenvalue weighted by Gasteiger charge is 2.25. The second-order valence-corrected chi connectivity index (χ2v) is 10.5. The standard InChI is InChI=1S/C28H37BrN6O4/c1-4-23-21(27(32-19-10-12-39-13-11-19)20-15-31-35(5-2)28(20)33-23)17-34(26(37)9-8-25(30)36)16-18-6-7-24(38-3)22(29)14-18/h6-7,14-15,19H,4-5,8-13,16-17H2,1-3H3,(H2,30,36)(H,32,33). The van der Waals surface area contributed by atoms with Gasteiger partial charge < -0.3 is 25.4 Å². The first-order chi connectivity index (χ1) is 18.8. The Kier molecular flexibility index (Phi) is 9.79. The lowest BCUT2D eigenvalue weighted by Gasteiger charge is -2.29. The average molecular weight is 602 g/mol. The smallest absolute Gasteiger partial charge is 0.223 e. The van der Waals surface area contributed by atoms with Crippen LogP contribution in [0.5, 0.6) is 5.75 Å². The van der Waals surface area contributed by atoms with Gasteiger partial charge >= 0.3 is 0 Å². The molecular weight excluding hydrogens is 564 g/mol. The molecule has 0 bridgehead atoms. The molecule has 0 radical (unpaired) electrons. The number of nitrogens with two attached hydrogens (primary N) is 1. The highest BCUT2D eigenvalue weighted by atomic mass is 79.9. The molecule has 210 valence electrons. The molecule has 39 heavy (non-hydrogen) atoms. The summed E-state index contributed by atoms with van der Waals surface area (Å²) in [5.41, 5.74) is 9.99. The molecule has 0 spiro atoms. The number of benzene rings is 1. The van der Waals surface area contributed by atoms with E-state index in [1.807, 2.05) is 36.0 Å².